The number of thioether (sulfide) groups is 1. The van der Waals surface area contributed by atoms with Crippen molar-refractivity contribution in [2.75, 3.05) is 11.1 Å². The van der Waals surface area contributed by atoms with Gasteiger partial charge in [0.15, 0.2) is 0 Å². The highest BCUT2D eigenvalue weighted by atomic mass is 32.2. The molecule has 2 aromatic heterocycles. The topological polar surface area (TPSA) is 86.1 Å². The van der Waals surface area contributed by atoms with Crippen LogP contribution >= 0.6 is 11.8 Å². The lowest BCUT2D eigenvalue weighted by Gasteiger charge is -2.22. The Bertz CT molecular complexity index is 1220. The highest BCUT2D eigenvalue weighted by Crippen LogP contribution is 2.29. The third-order valence-electron chi connectivity index (χ3n) is 5.21. The molecular formula is C23H21F3N4O3S. The molecule has 0 saturated heterocycles. The molecule has 0 saturated carbocycles. The predicted molar refractivity (Wildman–Crippen MR) is 121 cm³/mol. The highest BCUT2D eigenvalue weighted by Gasteiger charge is 2.31. The van der Waals surface area contributed by atoms with Gasteiger partial charge in [-0.1, -0.05) is 17.8 Å². The Balaban J connectivity index is 1.44. The second kappa shape index (κ2) is 10.3. The van der Waals surface area contributed by atoms with Crippen molar-refractivity contribution in [2.24, 2.45) is 0 Å². The molecule has 1 aliphatic carbocycles. The van der Waals surface area contributed by atoms with Crippen LogP contribution < -0.4 is 15.7 Å². The molecular weight excluding hydrogens is 469 g/mol. The Morgan fingerprint density at radius 2 is 1.88 bits per heavy atom. The molecule has 1 amide bonds. The van der Waals surface area contributed by atoms with Crippen LogP contribution in [0.5, 0.6) is 5.75 Å². The maximum Gasteiger partial charge on any atom is 0.573 e. The van der Waals surface area contributed by atoms with Gasteiger partial charge in [0, 0.05) is 23.1 Å². The van der Waals surface area contributed by atoms with Gasteiger partial charge in [-0.25, -0.2) is 4.79 Å². The standard InChI is InChI=1S/C23H21F3N4O3S/c24-23(25,26)33-17-10-8-15(9-11-17)28-20(31)14-34-21-18-6-1-2-7-19(18)30(22(32)29-21)13-16-5-3-4-12-27-16/h3-5,8-12H,1-2,6-7,13-14H2,(H,28,31). The molecule has 0 fully saturated rings. The zero-order valence-corrected chi connectivity index (χ0v) is 18.8. The Morgan fingerprint density at radius 3 is 2.59 bits per heavy atom. The number of aromatic nitrogens is 3. The summed E-state index contributed by atoms with van der Waals surface area (Å²) in [6.45, 7) is 0.342. The van der Waals surface area contributed by atoms with Crippen LogP contribution in [-0.2, 0) is 24.2 Å². The molecule has 0 unspecified atom stereocenters. The maximum absolute atomic E-state index is 12.8. The van der Waals surface area contributed by atoms with E-state index in [2.05, 4.69) is 20.0 Å². The second-order valence-electron chi connectivity index (χ2n) is 7.65. The van der Waals surface area contributed by atoms with Gasteiger partial charge >= 0.3 is 12.1 Å². The summed E-state index contributed by atoms with van der Waals surface area (Å²) in [5.74, 6) is -0.732. The molecule has 0 aliphatic heterocycles. The summed E-state index contributed by atoms with van der Waals surface area (Å²) in [6, 6.07) is 10.4. The Labute approximate surface area is 197 Å². The van der Waals surface area contributed by atoms with Crippen molar-refractivity contribution in [1.29, 1.82) is 0 Å². The molecule has 11 heteroatoms. The van der Waals surface area contributed by atoms with E-state index in [4.69, 9.17) is 0 Å². The molecule has 4 rings (SSSR count). The van der Waals surface area contributed by atoms with E-state index in [1.807, 2.05) is 18.2 Å². The summed E-state index contributed by atoms with van der Waals surface area (Å²) in [5, 5.41) is 3.17. The molecule has 1 aromatic carbocycles. The predicted octanol–water partition coefficient (Wildman–Crippen LogP) is 4.19. The quantitative estimate of drug-likeness (QED) is 0.395. The van der Waals surface area contributed by atoms with Crippen molar-refractivity contribution in [2.45, 2.75) is 43.6 Å². The van der Waals surface area contributed by atoms with Gasteiger partial charge in [-0.15, -0.1) is 13.2 Å². The largest absolute Gasteiger partial charge is 0.573 e. The minimum Gasteiger partial charge on any atom is -0.406 e. The van der Waals surface area contributed by atoms with Crippen LogP contribution in [0.15, 0.2) is 58.5 Å². The molecule has 178 valence electrons. The van der Waals surface area contributed by atoms with Crippen molar-refractivity contribution in [3.05, 3.63) is 76.1 Å². The normalized spacial score (nSPS) is 13.3. The van der Waals surface area contributed by atoms with Crippen LogP contribution in [-0.4, -0.2) is 32.6 Å². The summed E-state index contributed by atoms with van der Waals surface area (Å²) in [7, 11) is 0. The minimum absolute atomic E-state index is 0.00391. The van der Waals surface area contributed by atoms with Crippen molar-refractivity contribution < 1.29 is 22.7 Å². The Kier molecular flexibility index (Phi) is 7.20. The molecule has 1 aliphatic rings. The number of ether oxygens (including phenoxy) is 1. The zero-order valence-electron chi connectivity index (χ0n) is 18.0. The first-order valence-corrected chi connectivity index (χ1v) is 11.6. The number of pyridine rings is 1. The molecule has 0 bridgehead atoms. The van der Waals surface area contributed by atoms with Crippen LogP contribution in [0, 0.1) is 0 Å². The third-order valence-corrected chi connectivity index (χ3v) is 6.23. The zero-order chi connectivity index (χ0) is 24.1. The number of rotatable bonds is 7. The Hall–Kier alpha value is -3.34. The summed E-state index contributed by atoms with van der Waals surface area (Å²) in [4.78, 5) is 33.7. The smallest absolute Gasteiger partial charge is 0.406 e. The number of benzene rings is 1. The number of anilines is 1. The van der Waals surface area contributed by atoms with E-state index >= 15 is 0 Å². The second-order valence-corrected chi connectivity index (χ2v) is 8.61. The van der Waals surface area contributed by atoms with Crippen molar-refractivity contribution in [1.82, 2.24) is 14.5 Å². The van der Waals surface area contributed by atoms with E-state index in [-0.39, 0.29) is 23.1 Å². The number of amides is 1. The van der Waals surface area contributed by atoms with Crippen LogP contribution in [0.3, 0.4) is 0 Å². The number of hydrogen-bond acceptors (Lipinski definition) is 6. The number of carbonyl (C=O) groups is 1. The van der Waals surface area contributed by atoms with Gasteiger partial charge in [0.1, 0.15) is 10.8 Å². The number of fused-ring (bicyclic) bond motifs is 1. The van der Waals surface area contributed by atoms with Crippen LogP contribution in [0.2, 0.25) is 0 Å². The lowest BCUT2D eigenvalue weighted by molar-refractivity contribution is -0.274. The summed E-state index contributed by atoms with van der Waals surface area (Å²) in [5.41, 5.74) is 2.63. The van der Waals surface area contributed by atoms with Gasteiger partial charge in [0.25, 0.3) is 0 Å². The first kappa shape index (κ1) is 23.8. The summed E-state index contributed by atoms with van der Waals surface area (Å²) < 4.78 is 42.3. The fourth-order valence-corrected chi connectivity index (χ4v) is 4.63. The number of hydrogen-bond donors (Lipinski definition) is 1. The first-order valence-electron chi connectivity index (χ1n) is 10.6. The van der Waals surface area contributed by atoms with E-state index < -0.39 is 6.36 Å². The van der Waals surface area contributed by atoms with Gasteiger partial charge in [-0.3, -0.25) is 14.3 Å². The van der Waals surface area contributed by atoms with E-state index in [0.717, 1.165) is 54.8 Å². The van der Waals surface area contributed by atoms with Gasteiger partial charge in [-0.05, 0) is 62.1 Å². The number of nitrogens with one attached hydrogen (secondary N) is 1. The van der Waals surface area contributed by atoms with Gasteiger partial charge in [-0.2, -0.15) is 4.98 Å². The average molecular weight is 491 g/mol. The fraction of sp³-hybridized carbons (Fsp3) is 0.304. The minimum atomic E-state index is -4.78. The van der Waals surface area contributed by atoms with Gasteiger partial charge < -0.3 is 10.1 Å². The maximum atomic E-state index is 12.8. The van der Waals surface area contributed by atoms with E-state index in [1.165, 1.54) is 23.9 Å². The van der Waals surface area contributed by atoms with E-state index in [1.54, 1.807) is 10.8 Å². The molecule has 3 aromatic rings. The SMILES string of the molecule is O=C(CSc1nc(=O)n(Cc2ccccn2)c2c1CCCC2)Nc1ccc(OC(F)(F)F)cc1. The Morgan fingerprint density at radius 1 is 1.12 bits per heavy atom. The average Bonchev–Trinajstić information content (AvgIpc) is 2.81. The third kappa shape index (κ3) is 6.16. The number of alkyl halides is 3. The fourth-order valence-electron chi connectivity index (χ4n) is 3.75. The molecule has 7 nitrogen and oxygen atoms in total. The van der Waals surface area contributed by atoms with E-state index in [0.29, 0.717) is 17.3 Å². The molecule has 0 atom stereocenters. The molecule has 2 heterocycles. The van der Waals surface area contributed by atoms with Gasteiger partial charge in [0.2, 0.25) is 5.91 Å². The lowest BCUT2D eigenvalue weighted by atomic mass is 9.97. The molecule has 0 radical (unpaired) electrons. The first-order chi connectivity index (χ1) is 16.3. The molecule has 0 spiro atoms. The molecule has 34 heavy (non-hydrogen) atoms. The van der Waals surface area contributed by atoms with Crippen LogP contribution in [0.25, 0.3) is 0 Å². The highest BCUT2D eigenvalue weighted by molar-refractivity contribution is 8.00. The lowest BCUT2D eigenvalue weighted by Crippen LogP contribution is -2.31. The van der Waals surface area contributed by atoms with Crippen molar-refractivity contribution >= 4 is 23.4 Å². The number of halogens is 3. The van der Waals surface area contributed by atoms with Gasteiger partial charge in [0.05, 0.1) is 18.0 Å². The molecule has 1 N–H and O–H groups in total. The summed E-state index contributed by atoms with van der Waals surface area (Å²) in [6.07, 6.45) is 0.376. The van der Waals surface area contributed by atoms with Crippen LogP contribution in [0.4, 0.5) is 18.9 Å². The van der Waals surface area contributed by atoms with Crippen molar-refractivity contribution in [3.8, 4) is 5.75 Å². The summed E-state index contributed by atoms with van der Waals surface area (Å²) >= 11 is 1.18. The number of carbonyl (C=O) groups excluding carboxylic acids is 1. The van der Waals surface area contributed by atoms with Crippen molar-refractivity contribution in [3.63, 3.8) is 0 Å². The number of nitrogens with zero attached hydrogens (tertiary/aromatic N) is 3. The monoisotopic (exact) mass is 490 g/mol. The van der Waals surface area contributed by atoms with Crippen LogP contribution in [0.1, 0.15) is 29.8 Å². The van der Waals surface area contributed by atoms with E-state index in [9.17, 15) is 22.8 Å².